The van der Waals surface area contributed by atoms with Crippen molar-refractivity contribution in [3.63, 3.8) is 0 Å². The average molecular weight is 355 g/mol. The molecule has 5 nitrogen and oxygen atoms in total. The molecule has 2 aromatic rings. The van der Waals surface area contributed by atoms with Gasteiger partial charge in [-0.3, -0.25) is 4.57 Å². The van der Waals surface area contributed by atoms with E-state index in [2.05, 4.69) is 6.07 Å². The second-order valence-electron chi connectivity index (χ2n) is 5.47. The third-order valence-corrected chi connectivity index (χ3v) is 4.22. The topological polar surface area (TPSA) is 64.2 Å². The molecule has 2 heterocycles. The largest absolute Gasteiger partial charge is 0.466 e. The number of rotatable bonds is 3. The molecule has 0 radical (unpaired) electrons. The van der Waals surface area contributed by atoms with Crippen LogP contribution in [-0.4, -0.2) is 17.6 Å². The van der Waals surface area contributed by atoms with Crippen LogP contribution in [0.2, 0.25) is 5.02 Å². The average Bonchev–Trinajstić information content (AvgIpc) is 3.14. The van der Waals surface area contributed by atoms with Crippen LogP contribution in [0.3, 0.4) is 0 Å². The van der Waals surface area contributed by atoms with Crippen molar-refractivity contribution in [2.45, 2.75) is 12.8 Å². The van der Waals surface area contributed by atoms with Crippen molar-refractivity contribution in [1.29, 1.82) is 5.26 Å². The smallest absolute Gasteiger partial charge is 0.338 e. The number of ether oxygens (including phenoxy) is 2. The highest BCUT2D eigenvalue weighted by molar-refractivity contribution is 6.30. The van der Waals surface area contributed by atoms with Crippen LogP contribution in [0.4, 0.5) is 0 Å². The fourth-order valence-electron chi connectivity index (χ4n) is 2.89. The molecule has 1 aliphatic heterocycles. The fraction of sp³-hybridized carbons (Fsp3) is 0.158. The first-order valence-electron chi connectivity index (χ1n) is 7.56. The Hall–Kier alpha value is -2.97. The van der Waals surface area contributed by atoms with E-state index in [1.807, 2.05) is 18.2 Å². The number of carbonyl (C=O) groups excluding carboxylic acids is 1. The number of carbonyl (C=O) groups is 1. The second kappa shape index (κ2) is 6.88. The summed E-state index contributed by atoms with van der Waals surface area (Å²) in [5.74, 6) is -0.411. The van der Waals surface area contributed by atoms with E-state index in [1.165, 1.54) is 7.11 Å². The van der Waals surface area contributed by atoms with Gasteiger partial charge >= 0.3 is 5.97 Å². The molecule has 0 saturated heterocycles. The number of aromatic nitrogens is 1. The third kappa shape index (κ3) is 3.04. The summed E-state index contributed by atoms with van der Waals surface area (Å²) in [4.78, 5) is 12.4. The summed E-state index contributed by atoms with van der Waals surface area (Å²) < 4.78 is 12.4. The lowest BCUT2D eigenvalue weighted by molar-refractivity contribution is -0.136. The predicted octanol–water partition coefficient (Wildman–Crippen LogP) is 4.09. The van der Waals surface area contributed by atoms with Gasteiger partial charge in [0.25, 0.3) is 0 Å². The summed E-state index contributed by atoms with van der Waals surface area (Å²) in [5, 5.41) is 10.3. The van der Waals surface area contributed by atoms with Crippen LogP contribution < -0.4 is 0 Å². The summed E-state index contributed by atoms with van der Waals surface area (Å²) >= 11 is 6.12. The number of methoxy groups -OCH3 is 1. The highest BCUT2D eigenvalue weighted by atomic mass is 35.5. The molecule has 0 saturated carbocycles. The molecule has 0 fully saturated rings. The Labute approximate surface area is 150 Å². The van der Waals surface area contributed by atoms with E-state index in [4.69, 9.17) is 21.1 Å². The normalized spacial score (nSPS) is 17.1. The van der Waals surface area contributed by atoms with Gasteiger partial charge in [0.1, 0.15) is 17.4 Å². The minimum Gasteiger partial charge on any atom is -0.466 e. The van der Waals surface area contributed by atoms with E-state index in [-0.39, 0.29) is 5.57 Å². The van der Waals surface area contributed by atoms with E-state index in [0.717, 1.165) is 5.56 Å². The first-order chi connectivity index (χ1) is 12.1. The molecule has 0 unspecified atom stereocenters. The number of hydrogen-bond donors (Lipinski definition) is 0. The number of nitrogens with zero attached hydrogens (tertiary/aromatic N) is 2. The quantitative estimate of drug-likeness (QED) is 0.778. The number of halogens is 1. The van der Waals surface area contributed by atoms with Crippen LogP contribution in [0.15, 0.2) is 65.7 Å². The molecule has 1 aromatic carbocycles. The van der Waals surface area contributed by atoms with E-state index in [0.29, 0.717) is 22.2 Å². The molecule has 0 N–H and O–H groups in total. The Kier molecular flexibility index (Phi) is 4.64. The van der Waals surface area contributed by atoms with Gasteiger partial charge in [-0.15, -0.1) is 0 Å². The lowest BCUT2D eigenvalue weighted by Crippen LogP contribution is -2.23. The summed E-state index contributed by atoms with van der Waals surface area (Å²) in [5.41, 5.74) is 1.32. The fourth-order valence-corrected chi connectivity index (χ4v) is 3.09. The van der Waals surface area contributed by atoms with Crippen molar-refractivity contribution in [3.8, 4) is 6.07 Å². The van der Waals surface area contributed by atoms with Crippen molar-refractivity contribution in [3.05, 3.63) is 76.3 Å². The minimum atomic E-state index is -0.623. The molecule has 1 aromatic heterocycles. The van der Waals surface area contributed by atoms with Gasteiger partial charge in [-0.2, -0.15) is 5.26 Å². The van der Waals surface area contributed by atoms with Crippen molar-refractivity contribution in [2.24, 2.45) is 0 Å². The van der Waals surface area contributed by atoms with Crippen LogP contribution in [0.5, 0.6) is 0 Å². The number of allylic oxidation sites excluding steroid dienone is 2. The molecule has 1 atom stereocenters. The van der Waals surface area contributed by atoms with Gasteiger partial charge < -0.3 is 9.47 Å². The standard InChI is InChI=1S/C19H15ClN2O3/c1-12-16(19(23)24-2)17(13-6-5-7-14(20)10-13)15(11-21)18(25-12)22-8-3-4-9-22/h3-10,17H,1-2H3/t17-/m0/s1. The maximum Gasteiger partial charge on any atom is 0.338 e. The summed E-state index contributed by atoms with van der Waals surface area (Å²) in [6, 6.07) is 12.9. The molecule has 1 aliphatic rings. The van der Waals surface area contributed by atoms with Gasteiger partial charge in [-0.1, -0.05) is 23.7 Å². The Morgan fingerprint density at radius 2 is 2.04 bits per heavy atom. The van der Waals surface area contributed by atoms with Gasteiger partial charge in [-0.05, 0) is 36.8 Å². The Balaban J connectivity index is 2.26. The first kappa shape index (κ1) is 16.9. The van der Waals surface area contributed by atoms with Crippen LogP contribution in [-0.2, 0) is 14.3 Å². The summed E-state index contributed by atoms with van der Waals surface area (Å²) in [6.45, 7) is 1.68. The molecule has 3 rings (SSSR count). The zero-order valence-electron chi connectivity index (χ0n) is 13.7. The highest BCUT2D eigenvalue weighted by Crippen LogP contribution is 2.42. The molecule has 0 amide bonds. The molecular weight excluding hydrogens is 340 g/mol. The number of hydrogen-bond acceptors (Lipinski definition) is 4. The van der Waals surface area contributed by atoms with Crippen molar-refractivity contribution < 1.29 is 14.3 Å². The zero-order chi connectivity index (χ0) is 18.0. The molecule has 25 heavy (non-hydrogen) atoms. The van der Waals surface area contributed by atoms with Gasteiger partial charge in [0.2, 0.25) is 5.88 Å². The highest BCUT2D eigenvalue weighted by Gasteiger charge is 2.37. The van der Waals surface area contributed by atoms with Gasteiger partial charge in [-0.25, -0.2) is 4.79 Å². The first-order valence-corrected chi connectivity index (χ1v) is 7.94. The minimum absolute atomic E-state index is 0.289. The lowest BCUT2D eigenvalue weighted by atomic mass is 9.83. The lowest BCUT2D eigenvalue weighted by Gasteiger charge is -2.28. The van der Waals surface area contributed by atoms with Gasteiger partial charge in [0, 0.05) is 17.4 Å². The van der Waals surface area contributed by atoms with Crippen molar-refractivity contribution in [1.82, 2.24) is 4.57 Å². The number of esters is 1. The van der Waals surface area contributed by atoms with Crippen molar-refractivity contribution in [2.75, 3.05) is 7.11 Å². The van der Waals surface area contributed by atoms with Crippen LogP contribution in [0.1, 0.15) is 18.4 Å². The summed E-state index contributed by atoms with van der Waals surface area (Å²) in [6.07, 6.45) is 3.55. The van der Waals surface area contributed by atoms with E-state index < -0.39 is 11.9 Å². The van der Waals surface area contributed by atoms with E-state index in [1.54, 1.807) is 42.1 Å². The molecule has 126 valence electrons. The maximum atomic E-state index is 12.4. The molecule has 6 heteroatoms. The van der Waals surface area contributed by atoms with Crippen LogP contribution in [0.25, 0.3) is 5.88 Å². The second-order valence-corrected chi connectivity index (χ2v) is 5.91. The Morgan fingerprint density at radius 3 is 2.64 bits per heavy atom. The van der Waals surface area contributed by atoms with E-state index >= 15 is 0 Å². The SMILES string of the molecule is COC(=O)C1=C(C)OC(n2cccc2)=C(C#N)[C@@H]1c1cccc(Cl)c1. The molecule has 0 spiro atoms. The number of nitriles is 1. The molecule has 0 aliphatic carbocycles. The third-order valence-electron chi connectivity index (χ3n) is 3.98. The monoisotopic (exact) mass is 354 g/mol. The summed E-state index contributed by atoms with van der Waals surface area (Å²) in [7, 11) is 1.30. The van der Waals surface area contributed by atoms with Gasteiger partial charge in [0.05, 0.1) is 18.6 Å². The zero-order valence-corrected chi connectivity index (χ0v) is 14.4. The Morgan fingerprint density at radius 1 is 1.32 bits per heavy atom. The van der Waals surface area contributed by atoms with Crippen LogP contribution in [0, 0.1) is 11.3 Å². The maximum absolute atomic E-state index is 12.4. The number of benzene rings is 1. The molecule has 0 bridgehead atoms. The van der Waals surface area contributed by atoms with E-state index in [9.17, 15) is 10.1 Å². The van der Waals surface area contributed by atoms with Gasteiger partial charge in [0.15, 0.2) is 0 Å². The Bertz CT molecular complexity index is 920. The predicted molar refractivity (Wildman–Crippen MR) is 93.3 cm³/mol. The van der Waals surface area contributed by atoms with Crippen LogP contribution >= 0.6 is 11.6 Å². The molecular formula is C19H15ClN2O3. The van der Waals surface area contributed by atoms with Crippen molar-refractivity contribution >= 4 is 23.5 Å².